The van der Waals surface area contributed by atoms with Gasteiger partial charge in [-0.05, 0) is 73.0 Å². The van der Waals surface area contributed by atoms with E-state index in [1.165, 1.54) is 22.0 Å². The molecular weight excluding hydrogens is 437 g/mol. The number of benzene rings is 2. The van der Waals surface area contributed by atoms with Crippen molar-refractivity contribution in [2.75, 3.05) is 18.5 Å². The highest BCUT2D eigenvalue weighted by Gasteiger charge is 2.23. The third-order valence-corrected chi connectivity index (χ3v) is 5.36. The molecule has 4 nitrogen and oxygen atoms in total. The van der Waals surface area contributed by atoms with Crippen LogP contribution >= 0.6 is 22.6 Å². The van der Waals surface area contributed by atoms with Gasteiger partial charge in [-0.2, -0.15) is 5.10 Å². The monoisotopic (exact) mass is 459 g/mol. The molecule has 1 aliphatic heterocycles. The standard InChI is InChI=1S/C21H22IN3O/c1-2-26-19-9-4-3-8-18(19)25-21-17(7-5-6-14-23-21)20(24-25)15-10-12-16(22)13-11-15/h3-4,8-13,23H,2,5-7,14H2,1H3. The molecule has 26 heavy (non-hydrogen) atoms. The van der Waals surface area contributed by atoms with Crippen molar-refractivity contribution in [1.29, 1.82) is 0 Å². The lowest BCUT2D eigenvalue weighted by atomic mass is 10.0. The van der Waals surface area contributed by atoms with Gasteiger partial charge >= 0.3 is 0 Å². The fourth-order valence-corrected chi connectivity index (χ4v) is 3.79. The number of hydrogen-bond acceptors (Lipinski definition) is 3. The number of para-hydroxylation sites is 2. The normalized spacial score (nSPS) is 13.6. The minimum Gasteiger partial charge on any atom is -0.492 e. The molecule has 5 heteroatoms. The summed E-state index contributed by atoms with van der Waals surface area (Å²) in [6.07, 6.45) is 3.39. The SMILES string of the molecule is CCOc1ccccc1-n1nc(-c2ccc(I)cc2)c2c1NCCCC2. The highest BCUT2D eigenvalue weighted by Crippen LogP contribution is 2.36. The van der Waals surface area contributed by atoms with Crippen molar-refractivity contribution in [1.82, 2.24) is 9.78 Å². The summed E-state index contributed by atoms with van der Waals surface area (Å²) < 4.78 is 9.11. The molecule has 134 valence electrons. The molecule has 1 aliphatic rings. The summed E-state index contributed by atoms with van der Waals surface area (Å²) in [6.45, 7) is 3.62. The molecule has 0 fully saturated rings. The number of aromatic nitrogens is 2. The van der Waals surface area contributed by atoms with Crippen LogP contribution in [0.2, 0.25) is 0 Å². The van der Waals surface area contributed by atoms with Crippen LogP contribution in [-0.4, -0.2) is 22.9 Å². The quantitative estimate of drug-likeness (QED) is 0.539. The minimum absolute atomic E-state index is 0.637. The van der Waals surface area contributed by atoms with Crippen molar-refractivity contribution in [3.8, 4) is 22.7 Å². The lowest BCUT2D eigenvalue weighted by Crippen LogP contribution is -2.08. The number of fused-ring (bicyclic) bond motifs is 1. The molecule has 0 aliphatic carbocycles. The lowest BCUT2D eigenvalue weighted by Gasteiger charge is -2.13. The fraction of sp³-hybridized carbons (Fsp3) is 0.286. The maximum atomic E-state index is 5.85. The molecule has 0 saturated heterocycles. The van der Waals surface area contributed by atoms with Gasteiger partial charge in [0.05, 0.1) is 12.3 Å². The Morgan fingerprint density at radius 1 is 1.12 bits per heavy atom. The first-order valence-corrected chi connectivity index (χ1v) is 10.2. The van der Waals surface area contributed by atoms with Crippen LogP contribution in [0.3, 0.4) is 0 Å². The van der Waals surface area contributed by atoms with Crippen molar-refractivity contribution in [2.45, 2.75) is 26.2 Å². The Labute approximate surface area is 167 Å². The Morgan fingerprint density at radius 3 is 2.73 bits per heavy atom. The van der Waals surface area contributed by atoms with Crippen LogP contribution in [0.15, 0.2) is 48.5 Å². The highest BCUT2D eigenvalue weighted by molar-refractivity contribution is 14.1. The van der Waals surface area contributed by atoms with Gasteiger partial charge in [-0.15, -0.1) is 0 Å². The average Bonchev–Trinajstić information content (AvgIpc) is 2.85. The summed E-state index contributed by atoms with van der Waals surface area (Å²) in [5.74, 6) is 1.96. The second kappa shape index (κ2) is 7.70. The van der Waals surface area contributed by atoms with E-state index in [2.05, 4.69) is 58.2 Å². The summed E-state index contributed by atoms with van der Waals surface area (Å²) in [6, 6.07) is 16.7. The lowest BCUT2D eigenvalue weighted by molar-refractivity contribution is 0.338. The number of nitrogens with one attached hydrogen (secondary N) is 1. The van der Waals surface area contributed by atoms with Gasteiger partial charge in [-0.25, -0.2) is 4.68 Å². The van der Waals surface area contributed by atoms with E-state index in [1.54, 1.807) is 0 Å². The summed E-state index contributed by atoms with van der Waals surface area (Å²) in [5, 5.41) is 8.62. The van der Waals surface area contributed by atoms with Crippen molar-refractivity contribution in [3.63, 3.8) is 0 Å². The molecule has 1 N–H and O–H groups in total. The van der Waals surface area contributed by atoms with Crippen molar-refractivity contribution in [2.24, 2.45) is 0 Å². The van der Waals surface area contributed by atoms with E-state index in [0.29, 0.717) is 6.61 Å². The van der Waals surface area contributed by atoms with Crippen LogP contribution < -0.4 is 10.1 Å². The van der Waals surface area contributed by atoms with Gasteiger partial charge in [0.2, 0.25) is 0 Å². The first-order valence-electron chi connectivity index (χ1n) is 9.12. The van der Waals surface area contributed by atoms with Crippen LogP contribution in [0.1, 0.15) is 25.3 Å². The number of nitrogens with zero attached hydrogens (tertiary/aromatic N) is 2. The summed E-state index contributed by atoms with van der Waals surface area (Å²) in [5.41, 5.74) is 4.52. The van der Waals surface area contributed by atoms with E-state index in [9.17, 15) is 0 Å². The third-order valence-electron chi connectivity index (χ3n) is 4.64. The van der Waals surface area contributed by atoms with Crippen LogP contribution in [-0.2, 0) is 6.42 Å². The van der Waals surface area contributed by atoms with Crippen LogP contribution in [0, 0.1) is 3.57 Å². The Bertz CT molecular complexity index is 902. The molecule has 4 rings (SSSR count). The Balaban J connectivity index is 1.89. The van der Waals surface area contributed by atoms with Crippen molar-refractivity contribution in [3.05, 3.63) is 57.7 Å². The maximum Gasteiger partial charge on any atom is 0.145 e. The van der Waals surface area contributed by atoms with Crippen LogP contribution in [0.25, 0.3) is 16.9 Å². The number of ether oxygens (including phenoxy) is 1. The smallest absolute Gasteiger partial charge is 0.145 e. The molecule has 1 aromatic heterocycles. The van der Waals surface area contributed by atoms with E-state index in [-0.39, 0.29) is 0 Å². The predicted molar refractivity (Wildman–Crippen MR) is 114 cm³/mol. The molecular formula is C21H22IN3O. The van der Waals surface area contributed by atoms with Gasteiger partial charge < -0.3 is 10.1 Å². The number of rotatable bonds is 4. The largest absolute Gasteiger partial charge is 0.492 e. The number of anilines is 1. The van der Waals surface area contributed by atoms with Crippen LogP contribution in [0.4, 0.5) is 5.82 Å². The first-order chi connectivity index (χ1) is 12.8. The van der Waals surface area contributed by atoms with Gasteiger partial charge in [-0.3, -0.25) is 0 Å². The number of halogens is 1. The highest BCUT2D eigenvalue weighted by atomic mass is 127. The zero-order chi connectivity index (χ0) is 17.9. The Kier molecular flexibility index (Phi) is 5.15. The molecule has 2 aromatic carbocycles. The summed E-state index contributed by atoms with van der Waals surface area (Å²) in [7, 11) is 0. The summed E-state index contributed by atoms with van der Waals surface area (Å²) in [4.78, 5) is 0. The molecule has 0 atom stereocenters. The second-order valence-electron chi connectivity index (χ2n) is 6.38. The van der Waals surface area contributed by atoms with E-state index < -0.39 is 0 Å². The fourth-order valence-electron chi connectivity index (χ4n) is 3.43. The van der Waals surface area contributed by atoms with Crippen LogP contribution in [0.5, 0.6) is 5.75 Å². The van der Waals surface area contributed by atoms with Gasteiger partial charge in [-0.1, -0.05) is 24.3 Å². The van der Waals surface area contributed by atoms with Crippen molar-refractivity contribution < 1.29 is 4.74 Å². The average molecular weight is 459 g/mol. The Morgan fingerprint density at radius 2 is 1.92 bits per heavy atom. The number of hydrogen-bond donors (Lipinski definition) is 1. The molecule has 0 bridgehead atoms. The molecule has 3 aromatic rings. The minimum atomic E-state index is 0.637. The van der Waals surface area contributed by atoms with E-state index in [0.717, 1.165) is 41.5 Å². The van der Waals surface area contributed by atoms with Gasteiger partial charge in [0.15, 0.2) is 0 Å². The zero-order valence-electron chi connectivity index (χ0n) is 14.8. The predicted octanol–water partition coefficient (Wildman–Crippen LogP) is 5.29. The van der Waals surface area contributed by atoms with E-state index in [1.807, 2.05) is 29.8 Å². The molecule has 0 unspecified atom stereocenters. The molecule has 0 amide bonds. The molecule has 2 heterocycles. The van der Waals surface area contributed by atoms with Gasteiger partial charge in [0, 0.05) is 21.2 Å². The second-order valence-corrected chi connectivity index (χ2v) is 7.62. The van der Waals surface area contributed by atoms with E-state index in [4.69, 9.17) is 9.84 Å². The van der Waals surface area contributed by atoms with Crippen molar-refractivity contribution >= 4 is 28.4 Å². The molecule has 0 saturated carbocycles. The van der Waals surface area contributed by atoms with E-state index >= 15 is 0 Å². The van der Waals surface area contributed by atoms with Gasteiger partial charge in [0.1, 0.15) is 17.3 Å². The van der Waals surface area contributed by atoms with Gasteiger partial charge in [0.25, 0.3) is 0 Å². The Hall–Kier alpha value is -2.02. The molecule has 0 spiro atoms. The third kappa shape index (κ3) is 3.32. The summed E-state index contributed by atoms with van der Waals surface area (Å²) >= 11 is 2.34. The molecule has 0 radical (unpaired) electrons. The topological polar surface area (TPSA) is 39.1 Å². The first kappa shape index (κ1) is 17.4. The maximum absolute atomic E-state index is 5.85. The zero-order valence-corrected chi connectivity index (χ0v) is 17.0.